The van der Waals surface area contributed by atoms with E-state index >= 15 is 0 Å². The Hall–Kier alpha value is -4.93. The van der Waals surface area contributed by atoms with Crippen LogP contribution in [0.1, 0.15) is 15.9 Å². The van der Waals surface area contributed by atoms with Gasteiger partial charge < -0.3 is 31.1 Å². The van der Waals surface area contributed by atoms with Gasteiger partial charge in [-0.15, -0.1) is 0 Å². The van der Waals surface area contributed by atoms with E-state index in [1.807, 2.05) is 43.3 Å². The van der Waals surface area contributed by atoms with Crippen molar-refractivity contribution >= 4 is 63.6 Å². The number of benzene rings is 3. The van der Waals surface area contributed by atoms with Crippen LogP contribution in [0.2, 0.25) is 5.02 Å². The molecule has 2 amide bonds. The van der Waals surface area contributed by atoms with Gasteiger partial charge in [0.15, 0.2) is 0 Å². The maximum atomic E-state index is 13.6. The van der Waals surface area contributed by atoms with Gasteiger partial charge in [0.05, 0.1) is 33.5 Å². The third kappa shape index (κ3) is 7.11. The van der Waals surface area contributed by atoms with E-state index in [1.54, 1.807) is 24.3 Å². The summed E-state index contributed by atoms with van der Waals surface area (Å²) in [5.41, 5.74) is 4.41. The number of anilines is 7. The Morgan fingerprint density at radius 3 is 2.30 bits per heavy atom. The fraction of sp³-hybridized carbons (Fsp3) is 0.188. The Bertz CT molecular complexity index is 1630. The van der Waals surface area contributed by atoms with Crippen LogP contribution in [0.4, 0.5) is 40.2 Å². The summed E-state index contributed by atoms with van der Waals surface area (Å²) in [6, 6.07) is 20.5. The van der Waals surface area contributed by atoms with Gasteiger partial charge in [-0.2, -0.15) is 4.98 Å². The predicted molar refractivity (Wildman–Crippen MR) is 174 cm³/mol. The summed E-state index contributed by atoms with van der Waals surface area (Å²) < 4.78 is 0. The molecule has 11 heteroatoms. The standard InChI is InChI=1S/C32H33ClN8O2/c1-4-28(42)35-24-12-5-6-13-25(24)36-30-22(31(43)38-29-21(2)10-9-11-23(29)33)20-34-32(39-30)37-26-14-7-8-15-27(26)41-18-16-40(3)17-19-41/h4-15,20H,1,16-19H2,2-3H3,(H,35,42)(H,38,43)(H2,34,36,37,39). The van der Waals surface area contributed by atoms with E-state index in [2.05, 4.69) is 55.7 Å². The summed E-state index contributed by atoms with van der Waals surface area (Å²) in [5, 5.41) is 12.7. The van der Waals surface area contributed by atoms with Gasteiger partial charge in [0, 0.05) is 32.4 Å². The number of carbonyl (C=O) groups is 2. The fourth-order valence-corrected chi connectivity index (χ4v) is 4.98. The molecule has 0 spiro atoms. The molecule has 4 N–H and O–H groups in total. The number of likely N-dealkylation sites (N-methyl/N-ethyl adjacent to an activating group) is 1. The molecule has 0 bridgehead atoms. The second kappa shape index (κ2) is 13.4. The lowest BCUT2D eigenvalue weighted by molar-refractivity contribution is -0.111. The number of piperazine rings is 1. The van der Waals surface area contributed by atoms with Gasteiger partial charge in [-0.05, 0) is 55.9 Å². The van der Waals surface area contributed by atoms with Gasteiger partial charge in [0.2, 0.25) is 11.9 Å². The van der Waals surface area contributed by atoms with Gasteiger partial charge in [-0.1, -0.05) is 54.6 Å². The molecule has 43 heavy (non-hydrogen) atoms. The number of carbonyl (C=O) groups excluding carboxylic acids is 2. The zero-order valence-electron chi connectivity index (χ0n) is 24.0. The number of para-hydroxylation sites is 5. The first-order chi connectivity index (χ1) is 20.8. The molecule has 0 aliphatic carbocycles. The SMILES string of the molecule is C=CC(=O)Nc1ccccc1Nc1nc(Nc2ccccc2N2CCN(C)CC2)ncc1C(=O)Nc1c(C)cccc1Cl. The lowest BCUT2D eigenvalue weighted by Gasteiger charge is -2.35. The van der Waals surface area contributed by atoms with Gasteiger partial charge in [-0.25, -0.2) is 4.98 Å². The van der Waals surface area contributed by atoms with Crippen LogP contribution in [0.5, 0.6) is 0 Å². The van der Waals surface area contributed by atoms with Crippen molar-refractivity contribution in [3.05, 3.63) is 102 Å². The molecule has 0 unspecified atom stereocenters. The molecule has 1 aliphatic heterocycles. The minimum atomic E-state index is -0.448. The molecule has 2 heterocycles. The fourth-order valence-electron chi connectivity index (χ4n) is 4.71. The van der Waals surface area contributed by atoms with Crippen LogP contribution in [0.3, 0.4) is 0 Å². The number of amides is 2. The normalized spacial score (nSPS) is 13.2. The van der Waals surface area contributed by atoms with E-state index in [4.69, 9.17) is 16.6 Å². The number of rotatable bonds is 9. The lowest BCUT2D eigenvalue weighted by atomic mass is 10.2. The van der Waals surface area contributed by atoms with Gasteiger partial charge in [-0.3, -0.25) is 9.59 Å². The van der Waals surface area contributed by atoms with Crippen LogP contribution in [0, 0.1) is 6.92 Å². The molecule has 1 saturated heterocycles. The molecular weight excluding hydrogens is 564 g/mol. The predicted octanol–water partition coefficient (Wildman–Crippen LogP) is 6.05. The van der Waals surface area contributed by atoms with Gasteiger partial charge in [0.25, 0.3) is 5.91 Å². The number of halogens is 1. The summed E-state index contributed by atoms with van der Waals surface area (Å²) in [6.07, 6.45) is 2.65. The van der Waals surface area contributed by atoms with Crippen molar-refractivity contribution in [2.24, 2.45) is 0 Å². The van der Waals surface area contributed by atoms with Crippen molar-refractivity contribution in [3.63, 3.8) is 0 Å². The molecule has 0 saturated carbocycles. The molecule has 0 atom stereocenters. The topological polar surface area (TPSA) is 115 Å². The zero-order valence-corrected chi connectivity index (χ0v) is 24.8. The second-order valence-corrected chi connectivity index (χ2v) is 10.5. The van der Waals surface area contributed by atoms with E-state index in [0.29, 0.717) is 28.0 Å². The van der Waals surface area contributed by atoms with Crippen LogP contribution >= 0.6 is 11.6 Å². The number of nitrogens with zero attached hydrogens (tertiary/aromatic N) is 4. The molecule has 220 valence electrons. The number of aryl methyl sites for hydroxylation is 1. The summed E-state index contributed by atoms with van der Waals surface area (Å²) in [4.78, 5) is 39.5. The quantitative estimate of drug-likeness (QED) is 0.173. The first kappa shape index (κ1) is 29.6. The van der Waals surface area contributed by atoms with Crippen molar-refractivity contribution in [1.29, 1.82) is 0 Å². The first-order valence-corrected chi connectivity index (χ1v) is 14.2. The average molecular weight is 597 g/mol. The van der Waals surface area contributed by atoms with Crippen molar-refractivity contribution < 1.29 is 9.59 Å². The molecule has 1 fully saturated rings. The Balaban J connectivity index is 1.50. The minimum Gasteiger partial charge on any atom is -0.367 e. The highest BCUT2D eigenvalue weighted by Crippen LogP contribution is 2.32. The highest BCUT2D eigenvalue weighted by atomic mass is 35.5. The molecule has 4 aromatic rings. The van der Waals surface area contributed by atoms with Gasteiger partial charge in [0.1, 0.15) is 11.4 Å². The largest absolute Gasteiger partial charge is 0.367 e. The molecule has 1 aromatic heterocycles. The van der Waals surface area contributed by atoms with Crippen LogP contribution in [-0.2, 0) is 4.79 Å². The highest BCUT2D eigenvalue weighted by Gasteiger charge is 2.21. The van der Waals surface area contributed by atoms with E-state index in [0.717, 1.165) is 43.1 Å². The van der Waals surface area contributed by atoms with E-state index in [-0.39, 0.29) is 17.3 Å². The molecule has 10 nitrogen and oxygen atoms in total. The molecular formula is C32H33ClN8O2. The van der Waals surface area contributed by atoms with E-state index in [1.165, 1.54) is 12.3 Å². The van der Waals surface area contributed by atoms with Crippen molar-refractivity contribution in [2.45, 2.75) is 6.92 Å². The first-order valence-electron chi connectivity index (χ1n) is 13.8. The number of nitrogens with one attached hydrogen (secondary N) is 4. The van der Waals surface area contributed by atoms with E-state index in [9.17, 15) is 9.59 Å². The average Bonchev–Trinajstić information content (AvgIpc) is 3.01. The third-order valence-electron chi connectivity index (χ3n) is 7.11. The Labute approximate surface area is 255 Å². The Morgan fingerprint density at radius 2 is 1.58 bits per heavy atom. The Morgan fingerprint density at radius 1 is 0.884 bits per heavy atom. The maximum absolute atomic E-state index is 13.6. The number of hydrogen-bond donors (Lipinski definition) is 4. The molecule has 0 radical (unpaired) electrons. The lowest BCUT2D eigenvalue weighted by Crippen LogP contribution is -2.44. The molecule has 5 rings (SSSR count). The van der Waals surface area contributed by atoms with Crippen LogP contribution in [0.15, 0.2) is 85.6 Å². The minimum absolute atomic E-state index is 0.182. The summed E-state index contributed by atoms with van der Waals surface area (Å²) in [5.74, 6) is -0.290. The zero-order chi connectivity index (χ0) is 30.3. The number of hydrogen-bond acceptors (Lipinski definition) is 8. The van der Waals surface area contributed by atoms with Crippen LogP contribution < -0.4 is 26.2 Å². The molecule has 3 aromatic carbocycles. The van der Waals surface area contributed by atoms with Crippen LogP contribution in [-0.4, -0.2) is 59.9 Å². The summed E-state index contributed by atoms with van der Waals surface area (Å²) >= 11 is 6.39. The summed E-state index contributed by atoms with van der Waals surface area (Å²) in [6.45, 7) is 9.12. The second-order valence-electron chi connectivity index (χ2n) is 10.1. The monoisotopic (exact) mass is 596 g/mol. The number of aromatic nitrogens is 2. The van der Waals surface area contributed by atoms with E-state index < -0.39 is 5.91 Å². The van der Waals surface area contributed by atoms with Gasteiger partial charge >= 0.3 is 0 Å². The van der Waals surface area contributed by atoms with Crippen molar-refractivity contribution in [3.8, 4) is 0 Å². The smallest absolute Gasteiger partial charge is 0.261 e. The van der Waals surface area contributed by atoms with Crippen LogP contribution in [0.25, 0.3) is 0 Å². The van der Waals surface area contributed by atoms with Crippen molar-refractivity contribution in [2.75, 3.05) is 59.4 Å². The highest BCUT2D eigenvalue weighted by molar-refractivity contribution is 6.34. The maximum Gasteiger partial charge on any atom is 0.261 e. The molecule has 1 aliphatic rings. The van der Waals surface area contributed by atoms with Crippen molar-refractivity contribution in [1.82, 2.24) is 14.9 Å². The third-order valence-corrected chi connectivity index (χ3v) is 7.43. The Kier molecular flexibility index (Phi) is 9.19. The summed E-state index contributed by atoms with van der Waals surface area (Å²) in [7, 11) is 2.12.